The molecule has 1 aromatic heterocycles. The van der Waals surface area contributed by atoms with Crippen molar-refractivity contribution in [2.75, 3.05) is 5.73 Å². The molecule has 0 bridgehead atoms. The zero-order valence-electron chi connectivity index (χ0n) is 13.8. The predicted octanol–water partition coefficient (Wildman–Crippen LogP) is 4.77. The summed E-state index contributed by atoms with van der Waals surface area (Å²) in [6.45, 7) is 6.83. The second-order valence-electron chi connectivity index (χ2n) is 6.02. The summed E-state index contributed by atoms with van der Waals surface area (Å²) in [6.07, 6.45) is 9.65. The van der Waals surface area contributed by atoms with Crippen LogP contribution in [0.3, 0.4) is 0 Å². The van der Waals surface area contributed by atoms with Gasteiger partial charge in [-0.05, 0) is 0 Å². The number of nitrogens with zero attached hydrogens (tertiary/aromatic N) is 2. The van der Waals surface area contributed by atoms with Crippen molar-refractivity contribution in [2.45, 2.75) is 72.6 Å². The minimum absolute atomic E-state index is 0.363. The third kappa shape index (κ3) is 5.59. The Bertz CT molecular complexity index is 404. The van der Waals surface area contributed by atoms with Gasteiger partial charge in [-0.3, -0.25) is 0 Å². The van der Waals surface area contributed by atoms with E-state index in [4.69, 9.17) is 17.3 Å². The number of halogens is 1. The van der Waals surface area contributed by atoms with Crippen molar-refractivity contribution < 1.29 is 0 Å². The van der Waals surface area contributed by atoms with E-state index in [2.05, 4.69) is 30.7 Å². The zero-order chi connectivity index (χ0) is 15.7. The number of nitrogens with two attached hydrogens (primary N) is 1. The van der Waals surface area contributed by atoms with Gasteiger partial charge in [0.1, 0.15) is 0 Å². The Labute approximate surface area is 139 Å². The van der Waals surface area contributed by atoms with E-state index >= 15 is 0 Å². The van der Waals surface area contributed by atoms with Gasteiger partial charge in [0.15, 0.2) is 0 Å². The van der Waals surface area contributed by atoms with Crippen molar-refractivity contribution in [3.05, 3.63) is 11.3 Å². The monoisotopic (exact) mass is 419 g/mol. The molecule has 0 saturated carbocycles. The summed E-state index contributed by atoms with van der Waals surface area (Å²) in [5.74, 6) is 0.363. The van der Waals surface area contributed by atoms with Gasteiger partial charge in [0.2, 0.25) is 0 Å². The van der Waals surface area contributed by atoms with E-state index in [0.29, 0.717) is 11.0 Å². The molecule has 0 saturated heterocycles. The Hall–Kier alpha value is -0.0313. The molecule has 120 valence electrons. The molecule has 0 aromatic carbocycles. The third-order valence-corrected chi connectivity index (χ3v) is 19.6. The van der Waals surface area contributed by atoms with Gasteiger partial charge in [-0.1, -0.05) is 0 Å². The van der Waals surface area contributed by atoms with Crippen LogP contribution >= 0.6 is 11.6 Å². The SMILES string of the molecule is CCC[CH2][Sn]([CH2]CCC)([CH2]CCC)[c]1cnc(N)c(Cl)n1. The van der Waals surface area contributed by atoms with Crippen molar-refractivity contribution in [1.82, 2.24) is 9.97 Å². The van der Waals surface area contributed by atoms with Crippen LogP contribution in [0.2, 0.25) is 18.5 Å². The van der Waals surface area contributed by atoms with Gasteiger partial charge in [-0.25, -0.2) is 0 Å². The van der Waals surface area contributed by atoms with Gasteiger partial charge in [0.25, 0.3) is 0 Å². The first-order valence-corrected chi connectivity index (χ1v) is 16.2. The van der Waals surface area contributed by atoms with Crippen molar-refractivity contribution in [2.24, 2.45) is 0 Å². The molecule has 21 heavy (non-hydrogen) atoms. The molecule has 0 aliphatic carbocycles. The number of anilines is 1. The first-order valence-electron chi connectivity index (χ1n) is 8.38. The fraction of sp³-hybridized carbons (Fsp3) is 0.750. The van der Waals surface area contributed by atoms with E-state index in [9.17, 15) is 0 Å². The molecule has 0 unspecified atom stereocenters. The van der Waals surface area contributed by atoms with Gasteiger partial charge in [-0.2, -0.15) is 0 Å². The third-order valence-electron chi connectivity index (χ3n) is 4.33. The van der Waals surface area contributed by atoms with Crippen LogP contribution in [-0.4, -0.2) is 28.3 Å². The average Bonchev–Trinajstić information content (AvgIpc) is 2.50. The summed E-state index contributed by atoms with van der Waals surface area (Å²) < 4.78 is 5.37. The Morgan fingerprint density at radius 3 is 1.86 bits per heavy atom. The second-order valence-corrected chi connectivity index (χ2v) is 19.4. The van der Waals surface area contributed by atoms with Gasteiger partial charge < -0.3 is 0 Å². The normalized spacial score (nSPS) is 11.8. The number of unbranched alkanes of at least 4 members (excludes halogenated alkanes) is 3. The molecule has 1 heterocycles. The Kier molecular flexibility index (Phi) is 8.95. The van der Waals surface area contributed by atoms with Crippen molar-refractivity contribution in [3.63, 3.8) is 0 Å². The molecule has 0 aliphatic heterocycles. The summed E-state index contributed by atoms with van der Waals surface area (Å²) in [6, 6.07) is 0. The molecule has 5 heteroatoms. The van der Waals surface area contributed by atoms with Crippen LogP contribution < -0.4 is 9.44 Å². The molecular formula is C16H30ClN3Sn. The molecule has 1 rings (SSSR count). The molecule has 0 amide bonds. The standard InChI is InChI=1S/C4H3ClN3.3C4H9.Sn/c5-3-4(6)8-2-1-7-3;3*1-3-4-2;/h2H,(H2,6,8);3*1,3-4H2,2H3;. The fourth-order valence-corrected chi connectivity index (χ4v) is 18.4. The first kappa shape index (κ1) is 19.0. The molecule has 1 aromatic rings. The Morgan fingerprint density at radius 2 is 1.48 bits per heavy atom. The summed E-state index contributed by atoms with van der Waals surface area (Å²) in [5, 5.41) is 0.401. The molecule has 3 nitrogen and oxygen atoms in total. The van der Waals surface area contributed by atoms with Crippen LogP contribution in [0.1, 0.15) is 59.3 Å². The van der Waals surface area contributed by atoms with E-state index in [-0.39, 0.29) is 0 Å². The summed E-state index contributed by atoms with van der Waals surface area (Å²) in [4.78, 5) is 8.98. The quantitative estimate of drug-likeness (QED) is 0.557. The minimum atomic E-state index is -2.48. The second kappa shape index (κ2) is 9.88. The number of aromatic nitrogens is 2. The van der Waals surface area contributed by atoms with Crippen molar-refractivity contribution >= 4 is 39.5 Å². The first-order chi connectivity index (χ1) is 10.1. The van der Waals surface area contributed by atoms with E-state index in [1.54, 1.807) is 0 Å². The van der Waals surface area contributed by atoms with Crippen LogP contribution in [0.4, 0.5) is 5.82 Å². The number of hydrogen-bond acceptors (Lipinski definition) is 3. The molecule has 0 radical (unpaired) electrons. The predicted molar refractivity (Wildman–Crippen MR) is 96.0 cm³/mol. The van der Waals surface area contributed by atoms with Crippen molar-refractivity contribution in [3.8, 4) is 0 Å². The van der Waals surface area contributed by atoms with Crippen LogP contribution in [0, 0.1) is 0 Å². The van der Waals surface area contributed by atoms with Gasteiger partial charge >= 0.3 is 139 Å². The van der Waals surface area contributed by atoms with E-state index < -0.39 is 18.4 Å². The van der Waals surface area contributed by atoms with E-state index in [1.165, 1.54) is 55.5 Å². The van der Waals surface area contributed by atoms with E-state index in [0.717, 1.165) is 0 Å². The molecule has 2 N–H and O–H groups in total. The number of rotatable bonds is 10. The average molecular weight is 419 g/mol. The molecular weight excluding hydrogens is 388 g/mol. The van der Waals surface area contributed by atoms with Crippen LogP contribution in [0.15, 0.2) is 6.20 Å². The van der Waals surface area contributed by atoms with Crippen LogP contribution in [0.25, 0.3) is 0 Å². The Balaban J connectivity index is 3.12. The summed E-state index contributed by atoms with van der Waals surface area (Å²) >= 11 is 3.67. The molecule has 0 aliphatic rings. The maximum atomic E-state index is 6.16. The van der Waals surface area contributed by atoms with Gasteiger partial charge in [0, 0.05) is 0 Å². The fourth-order valence-electron chi connectivity index (χ4n) is 2.94. The number of nitrogen functional groups attached to an aromatic ring is 1. The molecule has 0 atom stereocenters. The topological polar surface area (TPSA) is 51.8 Å². The van der Waals surface area contributed by atoms with E-state index in [1.807, 2.05) is 6.20 Å². The van der Waals surface area contributed by atoms with Crippen LogP contribution in [-0.2, 0) is 0 Å². The van der Waals surface area contributed by atoms with Crippen molar-refractivity contribution in [1.29, 1.82) is 0 Å². The Morgan fingerprint density at radius 1 is 1.00 bits per heavy atom. The zero-order valence-corrected chi connectivity index (χ0v) is 17.4. The maximum absolute atomic E-state index is 6.16. The van der Waals surface area contributed by atoms with Gasteiger partial charge in [-0.15, -0.1) is 0 Å². The van der Waals surface area contributed by atoms with Gasteiger partial charge in [0.05, 0.1) is 0 Å². The summed E-state index contributed by atoms with van der Waals surface area (Å²) in [5.41, 5.74) is 5.75. The van der Waals surface area contributed by atoms with Crippen LogP contribution in [0.5, 0.6) is 0 Å². The molecule has 0 spiro atoms. The number of hydrogen-bond donors (Lipinski definition) is 1. The molecule has 0 fully saturated rings. The summed E-state index contributed by atoms with van der Waals surface area (Å²) in [7, 11) is 0.